The van der Waals surface area contributed by atoms with Crippen LogP contribution in [0.5, 0.6) is 0 Å². The zero-order valence-corrected chi connectivity index (χ0v) is 19.1. The standard InChI is InChI=1S/C20H29N7O5S/c1-22-5-2-3-6-23-8-13-15-18(25-10-24-13)27(11-26-15)19-17(29)16(28)14(32-19)9-33-7-4-12(21)20(30)31/h5-6,10-12,14,16-17,19,28-29H,2-4,7-9,21H2,1H3,(H,30,31)/t12-,14+,16+,17+,19+/m0/s1. The smallest absolute Gasteiger partial charge is 0.320 e. The van der Waals surface area contributed by atoms with Crippen LogP contribution in [0.4, 0.5) is 0 Å². The summed E-state index contributed by atoms with van der Waals surface area (Å²) in [5, 5.41) is 29.9. The zero-order valence-electron chi connectivity index (χ0n) is 18.3. The first-order valence-electron chi connectivity index (χ1n) is 10.6. The van der Waals surface area contributed by atoms with Gasteiger partial charge in [0.25, 0.3) is 0 Å². The fourth-order valence-electron chi connectivity index (χ4n) is 3.35. The van der Waals surface area contributed by atoms with E-state index in [0.717, 1.165) is 12.8 Å². The molecule has 0 saturated carbocycles. The van der Waals surface area contributed by atoms with Crippen LogP contribution in [0.25, 0.3) is 11.2 Å². The molecule has 0 amide bonds. The van der Waals surface area contributed by atoms with Crippen LogP contribution < -0.4 is 5.73 Å². The van der Waals surface area contributed by atoms with Crippen molar-refractivity contribution in [1.29, 1.82) is 0 Å². The minimum atomic E-state index is -1.18. The van der Waals surface area contributed by atoms with Gasteiger partial charge in [0.2, 0.25) is 0 Å². The van der Waals surface area contributed by atoms with Gasteiger partial charge < -0.3 is 30.8 Å². The van der Waals surface area contributed by atoms with E-state index in [1.807, 2.05) is 12.4 Å². The van der Waals surface area contributed by atoms with Gasteiger partial charge in [0.05, 0.1) is 24.7 Å². The Morgan fingerprint density at radius 2 is 2.09 bits per heavy atom. The van der Waals surface area contributed by atoms with Crippen LogP contribution in [0, 0.1) is 0 Å². The monoisotopic (exact) mass is 479 g/mol. The number of imidazole rings is 1. The second kappa shape index (κ2) is 12.1. The minimum Gasteiger partial charge on any atom is -0.480 e. The second-order valence-corrected chi connectivity index (χ2v) is 8.69. The third kappa shape index (κ3) is 6.32. The molecule has 3 rings (SSSR count). The third-order valence-electron chi connectivity index (χ3n) is 5.20. The van der Waals surface area contributed by atoms with E-state index in [1.165, 1.54) is 24.4 Å². The van der Waals surface area contributed by atoms with Gasteiger partial charge >= 0.3 is 5.97 Å². The lowest BCUT2D eigenvalue weighted by atomic mass is 10.1. The molecule has 5 atom stereocenters. The predicted molar refractivity (Wildman–Crippen MR) is 125 cm³/mol. The van der Waals surface area contributed by atoms with Crippen LogP contribution in [0.2, 0.25) is 0 Å². The van der Waals surface area contributed by atoms with Crippen molar-refractivity contribution in [2.75, 3.05) is 18.6 Å². The van der Waals surface area contributed by atoms with Crippen LogP contribution in [-0.2, 0) is 16.1 Å². The summed E-state index contributed by atoms with van der Waals surface area (Å²) < 4.78 is 7.51. The Hall–Kier alpha value is -2.45. The van der Waals surface area contributed by atoms with Crippen molar-refractivity contribution in [3.63, 3.8) is 0 Å². The molecule has 1 saturated heterocycles. The first-order chi connectivity index (χ1) is 15.9. The summed E-state index contributed by atoms with van der Waals surface area (Å²) in [4.78, 5) is 32.0. The van der Waals surface area contributed by atoms with Gasteiger partial charge in [-0.25, -0.2) is 15.0 Å². The molecule has 0 radical (unpaired) electrons. The molecule has 2 aromatic heterocycles. The molecule has 1 aliphatic heterocycles. The van der Waals surface area contributed by atoms with Crippen molar-refractivity contribution in [1.82, 2.24) is 19.5 Å². The van der Waals surface area contributed by atoms with E-state index in [4.69, 9.17) is 15.6 Å². The van der Waals surface area contributed by atoms with Crippen molar-refractivity contribution in [3.8, 4) is 0 Å². The number of aliphatic hydroxyl groups excluding tert-OH is 2. The third-order valence-corrected chi connectivity index (χ3v) is 6.28. The fourth-order valence-corrected chi connectivity index (χ4v) is 4.45. The summed E-state index contributed by atoms with van der Waals surface area (Å²) in [5.41, 5.74) is 7.18. The summed E-state index contributed by atoms with van der Waals surface area (Å²) >= 11 is 1.41. The molecule has 0 spiro atoms. The number of fused-ring (bicyclic) bond motifs is 1. The Balaban J connectivity index is 1.63. The number of ether oxygens (including phenoxy) is 1. The number of aromatic nitrogens is 4. The molecular weight excluding hydrogens is 450 g/mol. The summed E-state index contributed by atoms with van der Waals surface area (Å²) in [5.74, 6) is -0.170. The first kappa shape index (κ1) is 25.2. The number of unbranched alkanes of at least 4 members (excludes halogenated alkanes) is 1. The summed E-state index contributed by atoms with van der Waals surface area (Å²) in [7, 11) is 1.73. The Bertz CT molecular complexity index is 985. The average molecular weight is 480 g/mol. The van der Waals surface area contributed by atoms with Crippen molar-refractivity contribution in [2.24, 2.45) is 15.7 Å². The van der Waals surface area contributed by atoms with E-state index in [2.05, 4.69) is 24.9 Å². The number of nitrogens with zero attached hydrogens (tertiary/aromatic N) is 6. The number of rotatable bonds is 12. The first-order valence-corrected chi connectivity index (χ1v) is 11.7. The summed E-state index contributed by atoms with van der Waals surface area (Å²) in [6.45, 7) is 0.341. The van der Waals surface area contributed by atoms with Gasteiger partial charge in [-0.15, -0.1) is 0 Å². The van der Waals surface area contributed by atoms with Crippen molar-refractivity contribution in [3.05, 3.63) is 18.3 Å². The minimum absolute atomic E-state index is 0.301. The van der Waals surface area contributed by atoms with Crippen LogP contribution in [-0.4, -0.2) is 96.1 Å². The van der Waals surface area contributed by atoms with E-state index in [1.54, 1.807) is 11.6 Å². The molecule has 180 valence electrons. The summed E-state index contributed by atoms with van der Waals surface area (Å²) in [6.07, 6.45) is 4.68. The van der Waals surface area contributed by atoms with Gasteiger partial charge in [-0.05, 0) is 37.4 Å². The lowest BCUT2D eigenvalue weighted by Gasteiger charge is -2.16. The molecule has 2 aromatic rings. The summed E-state index contributed by atoms with van der Waals surface area (Å²) in [6, 6.07) is -0.925. The molecule has 12 nitrogen and oxygen atoms in total. The molecule has 33 heavy (non-hydrogen) atoms. The Labute approximate surface area is 195 Å². The van der Waals surface area contributed by atoms with E-state index in [0.29, 0.717) is 41.3 Å². The topological polar surface area (TPSA) is 181 Å². The van der Waals surface area contributed by atoms with E-state index < -0.39 is 36.6 Å². The number of aliphatic imine (C=N–C) groups is 2. The molecular formula is C20H29N7O5S. The van der Waals surface area contributed by atoms with Crippen molar-refractivity contribution >= 4 is 41.3 Å². The van der Waals surface area contributed by atoms with Crippen LogP contribution in [0.1, 0.15) is 31.2 Å². The highest BCUT2D eigenvalue weighted by molar-refractivity contribution is 7.99. The number of carboxylic acid groups (broad SMARTS) is 1. The molecule has 0 bridgehead atoms. The second-order valence-electron chi connectivity index (χ2n) is 7.54. The van der Waals surface area contributed by atoms with Gasteiger partial charge in [-0.3, -0.25) is 14.4 Å². The molecule has 13 heteroatoms. The molecule has 3 heterocycles. The fraction of sp³-hybridized carbons (Fsp3) is 0.600. The number of aliphatic hydroxyl groups is 2. The zero-order chi connectivity index (χ0) is 23.8. The van der Waals surface area contributed by atoms with E-state index in [9.17, 15) is 15.0 Å². The van der Waals surface area contributed by atoms with Crippen LogP contribution >= 0.6 is 11.8 Å². The van der Waals surface area contributed by atoms with Crippen LogP contribution in [0.3, 0.4) is 0 Å². The molecule has 1 aliphatic rings. The predicted octanol–water partition coefficient (Wildman–Crippen LogP) is 0.0323. The molecule has 0 aliphatic carbocycles. The highest BCUT2D eigenvalue weighted by Gasteiger charge is 2.44. The van der Waals surface area contributed by atoms with Gasteiger partial charge in [0.1, 0.15) is 30.1 Å². The maximum Gasteiger partial charge on any atom is 0.320 e. The van der Waals surface area contributed by atoms with E-state index >= 15 is 0 Å². The number of aliphatic carboxylic acids is 1. The quantitative estimate of drug-likeness (QED) is 0.239. The van der Waals surface area contributed by atoms with Gasteiger partial charge in [-0.1, -0.05) is 0 Å². The molecule has 5 N–H and O–H groups in total. The number of hydrogen-bond donors (Lipinski definition) is 4. The highest BCUT2D eigenvalue weighted by Crippen LogP contribution is 2.33. The maximum absolute atomic E-state index is 10.8. The van der Waals surface area contributed by atoms with Gasteiger partial charge in [0.15, 0.2) is 11.9 Å². The van der Waals surface area contributed by atoms with Crippen molar-refractivity contribution in [2.45, 2.75) is 56.4 Å². The Morgan fingerprint density at radius 1 is 1.30 bits per heavy atom. The van der Waals surface area contributed by atoms with Crippen molar-refractivity contribution < 1.29 is 24.9 Å². The number of carbonyl (C=O) groups is 1. The Kier molecular flexibility index (Phi) is 9.26. The number of carboxylic acids is 1. The number of hydrogen-bond acceptors (Lipinski definition) is 11. The van der Waals surface area contributed by atoms with Gasteiger partial charge in [0, 0.05) is 12.8 Å². The molecule has 0 unspecified atom stereocenters. The lowest BCUT2D eigenvalue weighted by molar-refractivity contribution is -0.138. The lowest BCUT2D eigenvalue weighted by Crippen LogP contribution is -2.33. The molecule has 0 aromatic carbocycles. The van der Waals surface area contributed by atoms with Gasteiger partial charge in [-0.2, -0.15) is 11.8 Å². The highest BCUT2D eigenvalue weighted by atomic mass is 32.2. The maximum atomic E-state index is 10.8. The Morgan fingerprint density at radius 3 is 2.85 bits per heavy atom. The largest absolute Gasteiger partial charge is 0.480 e. The SMILES string of the molecule is CN=CCCC=NCc1ncnc2c1ncn2[C@@H]1O[C@H](CSCC[C@H](N)C(=O)O)[C@@H](O)[C@H]1O. The number of thioether (sulfide) groups is 1. The van der Waals surface area contributed by atoms with E-state index in [-0.39, 0.29) is 0 Å². The van der Waals surface area contributed by atoms with Crippen LogP contribution in [0.15, 0.2) is 22.6 Å². The molecule has 1 fully saturated rings. The number of nitrogens with two attached hydrogens (primary N) is 1. The normalized spacial score (nSPS) is 24.4. The average Bonchev–Trinajstić information content (AvgIpc) is 3.35.